The summed E-state index contributed by atoms with van der Waals surface area (Å²) in [6.45, 7) is 16.3. The van der Waals surface area contributed by atoms with E-state index in [9.17, 15) is 14.4 Å². The maximum absolute atomic E-state index is 12.1. The fourth-order valence-corrected chi connectivity index (χ4v) is 3.65. The molecule has 0 aliphatic carbocycles. The summed E-state index contributed by atoms with van der Waals surface area (Å²) in [6.07, 6.45) is 0.312. The first-order chi connectivity index (χ1) is 13.4. The van der Waals surface area contributed by atoms with Gasteiger partial charge in [0.2, 0.25) is 0 Å². The number of carbonyl (C=O) groups excluding carboxylic acids is 3. The van der Waals surface area contributed by atoms with Crippen LogP contribution in [0.1, 0.15) is 41.0 Å². The van der Waals surface area contributed by atoms with Crippen molar-refractivity contribution >= 4 is 17.9 Å². The standard InChI is InChI=1S/C22H32O7/c1-12(2)19(23)26-10-15-16(11-27-20(24)13(3)4)18-14(8-17(15)29-18)9-28-21(25)22(5,6)7/h14-18H,1,3,8-11H2,2,4-7H3. The summed E-state index contributed by atoms with van der Waals surface area (Å²) in [5.41, 5.74) is 0.0649. The van der Waals surface area contributed by atoms with E-state index < -0.39 is 17.4 Å². The monoisotopic (exact) mass is 408 g/mol. The molecule has 0 radical (unpaired) electrons. The molecule has 5 unspecified atom stereocenters. The smallest absolute Gasteiger partial charge is 0.333 e. The Hall–Kier alpha value is -2.15. The summed E-state index contributed by atoms with van der Waals surface area (Å²) in [4.78, 5) is 35.7. The average Bonchev–Trinajstić information content (AvgIpc) is 3.18. The highest BCUT2D eigenvalue weighted by Crippen LogP contribution is 2.47. The fraction of sp³-hybridized carbons (Fsp3) is 0.682. The second-order valence-corrected chi connectivity index (χ2v) is 9.07. The van der Waals surface area contributed by atoms with Crippen LogP contribution in [0.3, 0.4) is 0 Å². The van der Waals surface area contributed by atoms with Crippen LogP contribution in [-0.4, -0.2) is 49.9 Å². The number of fused-ring (bicyclic) bond motifs is 2. The zero-order valence-electron chi connectivity index (χ0n) is 18.0. The predicted molar refractivity (Wildman–Crippen MR) is 106 cm³/mol. The maximum Gasteiger partial charge on any atom is 0.333 e. The fourth-order valence-electron chi connectivity index (χ4n) is 3.65. The van der Waals surface area contributed by atoms with E-state index in [0.717, 1.165) is 0 Å². The Balaban J connectivity index is 2.03. The van der Waals surface area contributed by atoms with Crippen molar-refractivity contribution in [1.29, 1.82) is 0 Å². The minimum Gasteiger partial charge on any atom is -0.465 e. The molecule has 2 rings (SSSR count). The Morgan fingerprint density at radius 1 is 0.897 bits per heavy atom. The van der Waals surface area contributed by atoms with Crippen molar-refractivity contribution in [2.75, 3.05) is 19.8 Å². The SMILES string of the molecule is C=C(C)C(=O)OCC1C2CC(COC(=O)C(C)(C)C)C(O2)C1COC(=O)C(=C)C. The summed E-state index contributed by atoms with van der Waals surface area (Å²) in [7, 11) is 0. The largest absolute Gasteiger partial charge is 0.465 e. The highest BCUT2D eigenvalue weighted by Gasteiger charge is 2.55. The normalized spacial score (nSPS) is 28.0. The van der Waals surface area contributed by atoms with Gasteiger partial charge >= 0.3 is 17.9 Å². The Labute approximate surface area is 172 Å². The molecule has 29 heavy (non-hydrogen) atoms. The summed E-state index contributed by atoms with van der Waals surface area (Å²) in [6, 6.07) is 0. The Morgan fingerprint density at radius 3 is 1.90 bits per heavy atom. The molecule has 2 saturated heterocycles. The molecule has 0 aromatic rings. The minimum atomic E-state index is -0.575. The van der Waals surface area contributed by atoms with Gasteiger partial charge in [-0.2, -0.15) is 0 Å². The number of esters is 3. The summed E-state index contributed by atoms with van der Waals surface area (Å²) in [5.74, 6) is -1.45. The second kappa shape index (κ2) is 9.11. The first kappa shape index (κ1) is 23.1. The van der Waals surface area contributed by atoms with Crippen LogP contribution in [0.15, 0.2) is 24.3 Å². The Morgan fingerprint density at radius 2 is 1.41 bits per heavy atom. The maximum atomic E-state index is 12.1. The van der Waals surface area contributed by atoms with E-state index in [0.29, 0.717) is 17.6 Å². The number of ether oxygens (including phenoxy) is 4. The molecule has 5 atom stereocenters. The van der Waals surface area contributed by atoms with Gasteiger partial charge in [-0.1, -0.05) is 13.2 Å². The van der Waals surface area contributed by atoms with Gasteiger partial charge in [-0.05, 0) is 41.0 Å². The van der Waals surface area contributed by atoms with Crippen LogP contribution in [0.5, 0.6) is 0 Å². The van der Waals surface area contributed by atoms with Gasteiger partial charge in [0, 0.05) is 28.9 Å². The van der Waals surface area contributed by atoms with Gasteiger partial charge in [-0.25, -0.2) is 9.59 Å². The quantitative estimate of drug-likeness (QED) is 0.347. The van der Waals surface area contributed by atoms with Crippen LogP contribution < -0.4 is 0 Å². The van der Waals surface area contributed by atoms with Crippen molar-refractivity contribution in [3.05, 3.63) is 24.3 Å². The summed E-state index contributed by atoms with van der Waals surface area (Å²) >= 11 is 0. The van der Waals surface area contributed by atoms with Crippen LogP contribution >= 0.6 is 0 Å². The van der Waals surface area contributed by atoms with Crippen molar-refractivity contribution in [1.82, 2.24) is 0 Å². The summed E-state index contributed by atoms with van der Waals surface area (Å²) in [5, 5.41) is 0. The van der Waals surface area contributed by atoms with E-state index in [-0.39, 0.29) is 55.8 Å². The number of rotatable bonds is 8. The minimum absolute atomic E-state index is 0.00734. The van der Waals surface area contributed by atoms with Crippen molar-refractivity contribution in [3.63, 3.8) is 0 Å². The number of hydrogen-bond acceptors (Lipinski definition) is 7. The van der Waals surface area contributed by atoms with Gasteiger partial charge in [-0.15, -0.1) is 0 Å². The molecule has 0 aromatic carbocycles. The molecule has 2 aliphatic heterocycles. The van der Waals surface area contributed by atoms with Crippen molar-refractivity contribution in [2.24, 2.45) is 23.2 Å². The molecule has 0 aromatic heterocycles. The van der Waals surface area contributed by atoms with Gasteiger partial charge in [-0.3, -0.25) is 4.79 Å². The molecule has 0 N–H and O–H groups in total. The third-order valence-electron chi connectivity index (χ3n) is 5.33. The van der Waals surface area contributed by atoms with Gasteiger partial charge < -0.3 is 18.9 Å². The van der Waals surface area contributed by atoms with E-state index in [1.54, 1.807) is 34.6 Å². The molecule has 2 fully saturated rings. The predicted octanol–water partition coefficient (Wildman–Crippen LogP) is 2.83. The van der Waals surface area contributed by atoms with Crippen LogP contribution in [0.2, 0.25) is 0 Å². The van der Waals surface area contributed by atoms with Gasteiger partial charge in [0.05, 0.1) is 37.4 Å². The average molecular weight is 408 g/mol. The lowest BCUT2D eigenvalue weighted by Crippen LogP contribution is -2.41. The lowest BCUT2D eigenvalue weighted by molar-refractivity contribution is -0.155. The summed E-state index contributed by atoms with van der Waals surface area (Å²) < 4.78 is 22.3. The molecule has 2 bridgehead atoms. The van der Waals surface area contributed by atoms with Crippen LogP contribution in [-0.2, 0) is 33.3 Å². The van der Waals surface area contributed by atoms with Crippen LogP contribution in [0, 0.1) is 23.2 Å². The lowest BCUT2D eigenvalue weighted by Gasteiger charge is -2.32. The molecule has 0 amide bonds. The lowest BCUT2D eigenvalue weighted by atomic mass is 9.75. The van der Waals surface area contributed by atoms with Crippen LogP contribution in [0.25, 0.3) is 0 Å². The van der Waals surface area contributed by atoms with E-state index in [2.05, 4.69) is 13.2 Å². The first-order valence-electron chi connectivity index (χ1n) is 9.89. The van der Waals surface area contributed by atoms with Gasteiger partial charge in [0.15, 0.2) is 0 Å². The van der Waals surface area contributed by atoms with E-state index in [4.69, 9.17) is 18.9 Å². The molecular weight excluding hydrogens is 376 g/mol. The third kappa shape index (κ3) is 5.69. The van der Waals surface area contributed by atoms with Crippen molar-refractivity contribution < 1.29 is 33.3 Å². The molecule has 0 spiro atoms. The third-order valence-corrected chi connectivity index (χ3v) is 5.33. The number of hydrogen-bond donors (Lipinski definition) is 0. The molecule has 7 heteroatoms. The van der Waals surface area contributed by atoms with E-state index in [1.165, 1.54) is 0 Å². The zero-order chi connectivity index (χ0) is 21.9. The highest BCUT2D eigenvalue weighted by molar-refractivity contribution is 5.87. The van der Waals surface area contributed by atoms with Crippen molar-refractivity contribution in [2.45, 2.75) is 53.2 Å². The molecule has 2 heterocycles. The molecule has 0 saturated carbocycles. The van der Waals surface area contributed by atoms with Gasteiger partial charge in [0.25, 0.3) is 0 Å². The Bertz CT molecular complexity index is 688. The topological polar surface area (TPSA) is 88.1 Å². The highest BCUT2D eigenvalue weighted by atomic mass is 16.6. The molecule has 162 valence electrons. The van der Waals surface area contributed by atoms with Crippen LogP contribution in [0.4, 0.5) is 0 Å². The zero-order valence-corrected chi connectivity index (χ0v) is 18.0. The van der Waals surface area contributed by atoms with Gasteiger partial charge in [0.1, 0.15) is 0 Å². The van der Waals surface area contributed by atoms with E-state index in [1.807, 2.05) is 0 Å². The Kier molecular flexibility index (Phi) is 7.27. The molecular formula is C22H32O7. The van der Waals surface area contributed by atoms with E-state index >= 15 is 0 Å². The molecule has 2 aliphatic rings. The first-order valence-corrected chi connectivity index (χ1v) is 9.89. The second-order valence-electron chi connectivity index (χ2n) is 9.07. The number of carbonyl (C=O) groups is 3. The molecule has 7 nitrogen and oxygen atoms in total. The van der Waals surface area contributed by atoms with Crippen molar-refractivity contribution in [3.8, 4) is 0 Å².